The van der Waals surface area contributed by atoms with Gasteiger partial charge in [-0.25, -0.2) is 0 Å². The van der Waals surface area contributed by atoms with E-state index < -0.39 is 0 Å². The Bertz CT molecular complexity index is 521. The highest BCUT2D eigenvalue weighted by molar-refractivity contribution is 5.05. The molecule has 0 aliphatic rings. The number of hydrogen-bond donors (Lipinski definition) is 1. The van der Waals surface area contributed by atoms with E-state index in [0.29, 0.717) is 12.1 Å². The Hall–Kier alpha value is -1.62. The van der Waals surface area contributed by atoms with E-state index in [2.05, 4.69) is 56.3 Å². The van der Waals surface area contributed by atoms with Crippen molar-refractivity contribution in [1.29, 1.82) is 0 Å². The summed E-state index contributed by atoms with van der Waals surface area (Å²) in [6, 6.07) is 2.62. The van der Waals surface area contributed by atoms with Crippen molar-refractivity contribution in [3.63, 3.8) is 0 Å². The van der Waals surface area contributed by atoms with Crippen molar-refractivity contribution >= 4 is 0 Å². The van der Waals surface area contributed by atoms with E-state index in [4.69, 9.17) is 0 Å². The summed E-state index contributed by atoms with van der Waals surface area (Å²) in [6.07, 6.45) is 7.86. The van der Waals surface area contributed by atoms with Gasteiger partial charge in [0.1, 0.15) is 0 Å². The molecule has 5 heteroatoms. The lowest BCUT2D eigenvalue weighted by Gasteiger charge is -2.21. The van der Waals surface area contributed by atoms with Gasteiger partial charge in [-0.3, -0.25) is 9.36 Å². The van der Waals surface area contributed by atoms with Crippen LogP contribution < -0.4 is 5.32 Å². The third-order valence-electron chi connectivity index (χ3n) is 3.62. The van der Waals surface area contributed by atoms with Crippen molar-refractivity contribution in [3.05, 3.63) is 36.4 Å². The van der Waals surface area contributed by atoms with E-state index in [1.165, 1.54) is 5.56 Å². The van der Waals surface area contributed by atoms with Crippen molar-refractivity contribution in [3.8, 4) is 0 Å². The normalized spacial score (nSPS) is 15.2. The van der Waals surface area contributed by atoms with Crippen LogP contribution in [0.4, 0.5) is 0 Å². The summed E-state index contributed by atoms with van der Waals surface area (Å²) in [6.45, 7) is 11.6. The van der Waals surface area contributed by atoms with Gasteiger partial charge in [0, 0.05) is 36.7 Å². The van der Waals surface area contributed by atoms with Crippen molar-refractivity contribution in [1.82, 2.24) is 24.9 Å². The van der Waals surface area contributed by atoms with Gasteiger partial charge < -0.3 is 5.32 Å². The van der Waals surface area contributed by atoms with Crippen LogP contribution in [-0.4, -0.2) is 25.6 Å². The summed E-state index contributed by atoms with van der Waals surface area (Å²) in [7, 11) is 0. The number of nitrogens with one attached hydrogen (secondary N) is 1. The first-order chi connectivity index (χ1) is 9.38. The number of hydrogen-bond acceptors (Lipinski definition) is 3. The monoisotopic (exact) mass is 275 g/mol. The minimum atomic E-state index is 0.0339. The van der Waals surface area contributed by atoms with Gasteiger partial charge in [-0.2, -0.15) is 10.2 Å². The van der Waals surface area contributed by atoms with Crippen LogP contribution in [0.3, 0.4) is 0 Å². The summed E-state index contributed by atoms with van der Waals surface area (Å²) in [5.74, 6) is 0. The number of rotatable bonds is 5. The fourth-order valence-corrected chi connectivity index (χ4v) is 2.02. The largest absolute Gasteiger partial charge is 0.308 e. The topological polar surface area (TPSA) is 47.7 Å². The minimum Gasteiger partial charge on any atom is -0.308 e. The lowest BCUT2D eigenvalue weighted by atomic mass is 10.1. The Balaban J connectivity index is 1.90. The highest BCUT2D eigenvalue weighted by Gasteiger charge is 2.16. The molecule has 0 fully saturated rings. The van der Waals surface area contributed by atoms with Gasteiger partial charge in [-0.05, 0) is 40.7 Å². The van der Waals surface area contributed by atoms with E-state index in [0.717, 1.165) is 6.54 Å². The fraction of sp³-hybridized carbons (Fsp3) is 0.600. The third-order valence-corrected chi connectivity index (χ3v) is 3.62. The molecule has 0 aromatic carbocycles. The SMILES string of the molecule is C[C@@H](NCc1cnn(C(C)(C)C)c1)[C@H](C)n1cccn1. The maximum absolute atomic E-state index is 4.42. The van der Waals surface area contributed by atoms with Crippen LogP contribution in [0.1, 0.15) is 46.2 Å². The predicted molar refractivity (Wildman–Crippen MR) is 80.5 cm³/mol. The molecule has 5 nitrogen and oxygen atoms in total. The van der Waals surface area contributed by atoms with Gasteiger partial charge in [0.15, 0.2) is 0 Å². The average Bonchev–Trinajstić information content (AvgIpc) is 3.04. The average molecular weight is 275 g/mol. The first-order valence-corrected chi connectivity index (χ1v) is 7.14. The Morgan fingerprint density at radius 1 is 1.25 bits per heavy atom. The second kappa shape index (κ2) is 5.79. The van der Waals surface area contributed by atoms with Crippen LogP contribution in [0.5, 0.6) is 0 Å². The molecule has 0 bridgehead atoms. The summed E-state index contributed by atoms with van der Waals surface area (Å²) in [5, 5.41) is 12.2. The quantitative estimate of drug-likeness (QED) is 0.912. The molecule has 0 radical (unpaired) electrons. The van der Waals surface area contributed by atoms with E-state index in [1.54, 1.807) is 0 Å². The van der Waals surface area contributed by atoms with Crippen LogP contribution in [-0.2, 0) is 12.1 Å². The Kier molecular flexibility index (Phi) is 4.28. The van der Waals surface area contributed by atoms with Crippen LogP contribution >= 0.6 is 0 Å². The summed E-state index contributed by atoms with van der Waals surface area (Å²) in [5.41, 5.74) is 1.24. The Labute approximate surface area is 121 Å². The second-order valence-electron chi connectivity index (χ2n) is 6.36. The molecule has 0 saturated heterocycles. The molecule has 2 rings (SSSR count). The maximum Gasteiger partial charge on any atom is 0.0641 e. The van der Waals surface area contributed by atoms with Crippen LogP contribution in [0.15, 0.2) is 30.9 Å². The molecule has 0 aliphatic carbocycles. The van der Waals surface area contributed by atoms with Gasteiger partial charge in [0.2, 0.25) is 0 Å². The zero-order valence-corrected chi connectivity index (χ0v) is 13.0. The van der Waals surface area contributed by atoms with Gasteiger partial charge in [-0.1, -0.05) is 0 Å². The van der Waals surface area contributed by atoms with Crippen molar-refractivity contribution in [2.45, 2.75) is 58.8 Å². The van der Waals surface area contributed by atoms with E-state index in [-0.39, 0.29) is 5.54 Å². The molecule has 0 amide bonds. The molecule has 2 aromatic rings. The van der Waals surface area contributed by atoms with Gasteiger partial charge in [-0.15, -0.1) is 0 Å². The number of aromatic nitrogens is 4. The van der Waals surface area contributed by atoms with Crippen molar-refractivity contribution in [2.24, 2.45) is 0 Å². The molecule has 110 valence electrons. The van der Waals surface area contributed by atoms with E-state index >= 15 is 0 Å². The van der Waals surface area contributed by atoms with E-state index in [9.17, 15) is 0 Å². The van der Waals surface area contributed by atoms with Gasteiger partial charge in [0.25, 0.3) is 0 Å². The molecule has 0 saturated carbocycles. The predicted octanol–water partition coefficient (Wildman–Crippen LogP) is 2.57. The molecular formula is C15H25N5. The third kappa shape index (κ3) is 3.48. The minimum absolute atomic E-state index is 0.0339. The highest BCUT2D eigenvalue weighted by atomic mass is 15.3. The van der Waals surface area contributed by atoms with Crippen LogP contribution in [0.25, 0.3) is 0 Å². The smallest absolute Gasteiger partial charge is 0.0641 e. The van der Waals surface area contributed by atoms with Crippen molar-refractivity contribution in [2.75, 3.05) is 0 Å². The second-order valence-corrected chi connectivity index (χ2v) is 6.36. The summed E-state index contributed by atoms with van der Waals surface area (Å²) >= 11 is 0. The first-order valence-electron chi connectivity index (χ1n) is 7.14. The lowest BCUT2D eigenvalue weighted by molar-refractivity contribution is 0.353. The summed E-state index contributed by atoms with van der Waals surface area (Å²) in [4.78, 5) is 0. The summed E-state index contributed by atoms with van der Waals surface area (Å²) < 4.78 is 3.99. The molecule has 2 heterocycles. The molecule has 1 N–H and O–H groups in total. The first kappa shape index (κ1) is 14.8. The lowest BCUT2D eigenvalue weighted by Crippen LogP contribution is -2.33. The van der Waals surface area contributed by atoms with Gasteiger partial charge >= 0.3 is 0 Å². The fourth-order valence-electron chi connectivity index (χ4n) is 2.02. The maximum atomic E-state index is 4.42. The Morgan fingerprint density at radius 3 is 2.55 bits per heavy atom. The molecule has 2 atom stereocenters. The molecule has 0 unspecified atom stereocenters. The molecule has 0 spiro atoms. The van der Waals surface area contributed by atoms with Crippen LogP contribution in [0, 0.1) is 0 Å². The Morgan fingerprint density at radius 2 is 2.00 bits per heavy atom. The number of nitrogens with zero attached hydrogens (tertiary/aromatic N) is 4. The molecule has 20 heavy (non-hydrogen) atoms. The van der Waals surface area contributed by atoms with Gasteiger partial charge in [0.05, 0.1) is 17.8 Å². The molecule has 0 aliphatic heterocycles. The van der Waals surface area contributed by atoms with Crippen LogP contribution in [0.2, 0.25) is 0 Å². The standard InChI is InChI=1S/C15H25N5/c1-12(13(2)19-8-6-7-17-19)16-9-14-10-18-20(11-14)15(3,4)5/h6-8,10-13,16H,9H2,1-5H3/t12-,13+/m1/s1. The van der Waals surface area contributed by atoms with Crippen molar-refractivity contribution < 1.29 is 0 Å². The molecule has 2 aromatic heterocycles. The zero-order valence-electron chi connectivity index (χ0n) is 13.0. The van der Waals surface area contributed by atoms with E-state index in [1.807, 2.05) is 34.0 Å². The highest BCUT2D eigenvalue weighted by Crippen LogP contribution is 2.14. The molecular weight excluding hydrogens is 250 g/mol. The zero-order chi connectivity index (χ0) is 14.8.